The minimum absolute atomic E-state index is 0.267. The summed E-state index contributed by atoms with van der Waals surface area (Å²) in [6.07, 6.45) is 1.32. The highest BCUT2D eigenvalue weighted by atomic mass is 28.3. The first-order chi connectivity index (χ1) is 16.1. The van der Waals surface area contributed by atoms with Crippen LogP contribution >= 0.6 is 0 Å². The first-order valence-electron chi connectivity index (χ1n) is 11.7. The molecular weight excluding hydrogens is 449 g/mol. The lowest BCUT2D eigenvalue weighted by atomic mass is 10.0. The fraction of sp³-hybridized carbons (Fsp3) is 0.500. The summed E-state index contributed by atoms with van der Waals surface area (Å²) in [6, 6.07) is 10.8. The van der Waals surface area contributed by atoms with Gasteiger partial charge in [0.1, 0.15) is 30.0 Å². The summed E-state index contributed by atoms with van der Waals surface area (Å²) in [4.78, 5) is 6.71. The van der Waals surface area contributed by atoms with Gasteiger partial charge in [0, 0.05) is 50.5 Å². The number of alkyl halides is 1. The summed E-state index contributed by atoms with van der Waals surface area (Å²) < 4.78 is 33.9. The van der Waals surface area contributed by atoms with Crippen LogP contribution in [0.3, 0.4) is 0 Å². The molecule has 0 saturated heterocycles. The molecule has 1 unspecified atom stereocenters. The molecule has 0 radical (unpaired) electrons. The van der Waals surface area contributed by atoms with Crippen molar-refractivity contribution in [2.45, 2.75) is 45.0 Å². The second-order valence-electron chi connectivity index (χ2n) is 10.1. The maximum Gasteiger partial charge on any atom is 0.142 e. The molecule has 34 heavy (non-hydrogen) atoms. The molecule has 0 saturated carbocycles. The summed E-state index contributed by atoms with van der Waals surface area (Å²) in [5.74, 6) is 1.44. The quantitative estimate of drug-likeness (QED) is 0.250. The van der Waals surface area contributed by atoms with Gasteiger partial charge in [0.05, 0.1) is 19.8 Å². The van der Waals surface area contributed by atoms with E-state index in [1.165, 1.54) is 0 Å². The lowest BCUT2D eigenvalue weighted by Gasteiger charge is -2.16. The van der Waals surface area contributed by atoms with Crippen LogP contribution in [0.4, 0.5) is 4.39 Å². The average molecular weight is 488 g/mol. The number of pyridine rings is 1. The molecule has 1 atom stereocenters. The second kappa shape index (κ2) is 11.3. The van der Waals surface area contributed by atoms with E-state index in [1.54, 1.807) is 14.2 Å². The number of hydrogen-bond acceptors (Lipinski definition) is 5. The van der Waals surface area contributed by atoms with Crippen LogP contribution in [-0.4, -0.2) is 70.2 Å². The summed E-state index contributed by atoms with van der Waals surface area (Å²) >= 11 is 0. The summed E-state index contributed by atoms with van der Waals surface area (Å²) in [5.41, 5.74) is 3.30. The molecular formula is C26H38FN3O3Si. The number of methoxy groups -OCH3 is 2. The molecule has 1 aromatic carbocycles. The highest BCUT2D eigenvalue weighted by Gasteiger charge is 2.20. The average Bonchev–Trinajstić information content (AvgIpc) is 3.12. The summed E-state index contributed by atoms with van der Waals surface area (Å²) in [7, 11) is 5.86. The van der Waals surface area contributed by atoms with Gasteiger partial charge in [-0.15, -0.1) is 0 Å². The van der Waals surface area contributed by atoms with E-state index in [2.05, 4.69) is 19.6 Å². The molecule has 0 aliphatic heterocycles. The van der Waals surface area contributed by atoms with E-state index in [-0.39, 0.29) is 6.42 Å². The number of nitrogens with zero attached hydrogens (tertiary/aromatic N) is 3. The van der Waals surface area contributed by atoms with Crippen molar-refractivity contribution in [3.8, 4) is 22.6 Å². The van der Waals surface area contributed by atoms with Crippen molar-refractivity contribution < 1.29 is 18.6 Å². The fourth-order valence-electron chi connectivity index (χ4n) is 3.96. The van der Waals surface area contributed by atoms with Gasteiger partial charge in [-0.3, -0.25) is 0 Å². The highest BCUT2D eigenvalue weighted by Crippen LogP contribution is 2.42. The maximum atomic E-state index is 14.5. The minimum atomic E-state index is -1.19. The normalized spacial score (nSPS) is 13.0. The Hall–Kier alpha value is -2.42. The maximum absolute atomic E-state index is 14.5. The van der Waals surface area contributed by atoms with Crippen LogP contribution in [-0.2, 0) is 17.9 Å². The Labute approximate surface area is 203 Å². The van der Waals surface area contributed by atoms with E-state index in [4.69, 9.17) is 19.2 Å². The Kier molecular flexibility index (Phi) is 8.73. The van der Waals surface area contributed by atoms with Gasteiger partial charge >= 0.3 is 0 Å². The third kappa shape index (κ3) is 6.58. The van der Waals surface area contributed by atoms with Crippen LogP contribution in [0.15, 0.2) is 36.5 Å². The van der Waals surface area contributed by atoms with Gasteiger partial charge in [-0.1, -0.05) is 25.7 Å². The fourth-order valence-corrected chi connectivity index (χ4v) is 4.72. The molecule has 0 aliphatic carbocycles. The molecule has 0 fully saturated rings. The zero-order valence-electron chi connectivity index (χ0n) is 21.5. The Morgan fingerprint density at radius 2 is 1.74 bits per heavy atom. The smallest absolute Gasteiger partial charge is 0.142 e. The molecule has 3 rings (SSSR count). The van der Waals surface area contributed by atoms with E-state index in [9.17, 15) is 4.39 Å². The van der Waals surface area contributed by atoms with E-state index in [0.29, 0.717) is 19.9 Å². The van der Waals surface area contributed by atoms with Gasteiger partial charge < -0.3 is 23.7 Å². The van der Waals surface area contributed by atoms with Crippen molar-refractivity contribution in [2.24, 2.45) is 0 Å². The Bertz CT molecular complexity index is 1070. The predicted octanol–water partition coefficient (Wildman–Crippen LogP) is 5.48. The number of ether oxygens (including phenoxy) is 3. The van der Waals surface area contributed by atoms with E-state index in [0.717, 1.165) is 45.4 Å². The lowest BCUT2D eigenvalue weighted by molar-refractivity contribution is 0.0899. The highest BCUT2D eigenvalue weighted by molar-refractivity contribution is 6.76. The largest absolute Gasteiger partial charge is 0.496 e. The molecule has 0 spiro atoms. The van der Waals surface area contributed by atoms with E-state index in [1.807, 2.05) is 60.1 Å². The van der Waals surface area contributed by atoms with Gasteiger partial charge in [0.2, 0.25) is 0 Å². The van der Waals surface area contributed by atoms with Crippen LogP contribution in [0.25, 0.3) is 22.2 Å². The van der Waals surface area contributed by atoms with Gasteiger partial charge in [-0.2, -0.15) is 0 Å². The van der Waals surface area contributed by atoms with Crippen LogP contribution < -0.4 is 9.47 Å². The first-order valence-corrected chi connectivity index (χ1v) is 15.4. The van der Waals surface area contributed by atoms with E-state index < -0.39 is 14.2 Å². The van der Waals surface area contributed by atoms with Crippen molar-refractivity contribution in [3.05, 3.63) is 42.2 Å². The molecule has 186 valence electrons. The molecule has 3 aromatic rings. The molecule has 8 heteroatoms. The number of rotatable bonds is 12. The summed E-state index contributed by atoms with van der Waals surface area (Å²) in [6.45, 7) is 8.46. The Morgan fingerprint density at radius 3 is 2.32 bits per heavy atom. The van der Waals surface area contributed by atoms with Crippen LogP contribution in [0.2, 0.25) is 25.7 Å². The number of benzene rings is 1. The standard InChI is InChI=1S/C26H38FN3O3Si/c1-29(2)16-19(27)15-20-11-12-21-22(25-23(31-3)9-8-10-24(25)32-4)17-30(26(21)28-20)18-33-13-14-34(5,6)7/h8-12,17,19H,13-16,18H2,1-7H3. The van der Waals surface area contributed by atoms with E-state index >= 15 is 0 Å². The van der Waals surface area contributed by atoms with Crippen molar-refractivity contribution in [1.82, 2.24) is 14.5 Å². The second-order valence-corrected chi connectivity index (χ2v) is 15.8. The van der Waals surface area contributed by atoms with Gasteiger partial charge in [0.25, 0.3) is 0 Å². The van der Waals surface area contributed by atoms with Crippen molar-refractivity contribution >= 4 is 19.1 Å². The molecule has 2 heterocycles. The number of aromatic nitrogens is 2. The number of halogens is 1. The zero-order valence-corrected chi connectivity index (χ0v) is 22.5. The van der Waals surface area contributed by atoms with Crippen LogP contribution in [0.1, 0.15) is 5.69 Å². The Balaban J connectivity index is 2.03. The Morgan fingerprint density at radius 1 is 1.06 bits per heavy atom. The summed E-state index contributed by atoms with van der Waals surface area (Å²) in [5, 5.41) is 0.948. The van der Waals surface area contributed by atoms with Crippen molar-refractivity contribution in [3.63, 3.8) is 0 Å². The monoisotopic (exact) mass is 487 g/mol. The van der Waals surface area contributed by atoms with Gasteiger partial charge in [0.15, 0.2) is 0 Å². The molecule has 2 aromatic heterocycles. The molecule has 6 nitrogen and oxygen atoms in total. The van der Waals surface area contributed by atoms with Gasteiger partial charge in [-0.05, 0) is 44.4 Å². The minimum Gasteiger partial charge on any atom is -0.496 e. The zero-order chi connectivity index (χ0) is 24.9. The van der Waals surface area contributed by atoms with Crippen LogP contribution in [0, 0.1) is 0 Å². The third-order valence-corrected chi connectivity index (χ3v) is 7.40. The van der Waals surface area contributed by atoms with Crippen LogP contribution in [0.5, 0.6) is 11.5 Å². The first kappa shape index (κ1) is 26.2. The molecule has 0 N–H and O–H groups in total. The number of hydrogen-bond donors (Lipinski definition) is 0. The number of fused-ring (bicyclic) bond motifs is 1. The molecule has 0 amide bonds. The SMILES string of the molecule is COc1cccc(OC)c1-c1cn(COCC[Si](C)(C)C)c2nc(CC(F)CN(C)C)ccc12. The van der Waals surface area contributed by atoms with Gasteiger partial charge in [-0.25, -0.2) is 9.37 Å². The molecule has 0 aliphatic rings. The van der Waals surface area contributed by atoms with Crippen molar-refractivity contribution in [2.75, 3.05) is 41.5 Å². The topological polar surface area (TPSA) is 48.8 Å². The predicted molar refractivity (Wildman–Crippen MR) is 140 cm³/mol. The van der Waals surface area contributed by atoms with Crippen molar-refractivity contribution in [1.29, 1.82) is 0 Å². The third-order valence-electron chi connectivity index (χ3n) is 5.70. The molecule has 0 bridgehead atoms. The lowest BCUT2D eigenvalue weighted by Crippen LogP contribution is -2.24.